The van der Waals surface area contributed by atoms with Gasteiger partial charge in [-0.25, -0.2) is 4.68 Å². The van der Waals surface area contributed by atoms with Gasteiger partial charge >= 0.3 is 0 Å². The van der Waals surface area contributed by atoms with Gasteiger partial charge in [-0.1, -0.05) is 30.3 Å². The van der Waals surface area contributed by atoms with Crippen LogP contribution in [0.5, 0.6) is 5.88 Å². The van der Waals surface area contributed by atoms with Crippen molar-refractivity contribution >= 4 is 0 Å². The van der Waals surface area contributed by atoms with Gasteiger partial charge < -0.3 is 9.47 Å². The monoisotopic (exact) mass is 258 g/mol. The van der Waals surface area contributed by atoms with Crippen LogP contribution in [0.3, 0.4) is 0 Å². The molecule has 0 radical (unpaired) electrons. The molecule has 0 bridgehead atoms. The molecule has 1 fully saturated rings. The molecule has 0 aliphatic carbocycles. The SMILES string of the molecule is O=c1ccc(OCC2CO2)nn1Cc1ccccc1. The topological polar surface area (TPSA) is 56.6 Å². The molecule has 3 rings (SSSR count). The minimum Gasteiger partial charge on any atom is -0.474 e. The van der Waals surface area contributed by atoms with E-state index < -0.39 is 0 Å². The first-order chi connectivity index (χ1) is 9.31. The highest BCUT2D eigenvalue weighted by Gasteiger charge is 2.23. The standard InChI is InChI=1S/C14H14N2O3/c17-14-7-6-13(19-10-12-9-18-12)15-16(14)8-11-4-2-1-3-5-11/h1-7,12H,8-10H2. The molecule has 1 aliphatic rings. The maximum Gasteiger partial charge on any atom is 0.267 e. The summed E-state index contributed by atoms with van der Waals surface area (Å²) in [5, 5.41) is 4.19. The number of epoxide rings is 1. The Morgan fingerprint density at radius 1 is 1.26 bits per heavy atom. The van der Waals surface area contributed by atoms with Crippen LogP contribution in [0.15, 0.2) is 47.3 Å². The normalized spacial score (nSPS) is 17.2. The summed E-state index contributed by atoms with van der Waals surface area (Å²) in [6.07, 6.45) is 0.177. The molecule has 19 heavy (non-hydrogen) atoms. The van der Waals surface area contributed by atoms with E-state index in [-0.39, 0.29) is 11.7 Å². The van der Waals surface area contributed by atoms with E-state index in [0.717, 1.165) is 12.2 Å². The predicted octanol–water partition coefficient (Wildman–Crippen LogP) is 1.07. The molecule has 2 aromatic rings. The summed E-state index contributed by atoms with van der Waals surface area (Å²) in [5.41, 5.74) is 0.888. The van der Waals surface area contributed by atoms with Crippen LogP contribution in [0.25, 0.3) is 0 Å². The minimum absolute atomic E-state index is 0.140. The van der Waals surface area contributed by atoms with Crippen molar-refractivity contribution < 1.29 is 9.47 Å². The first kappa shape index (κ1) is 11.9. The second kappa shape index (κ2) is 5.24. The van der Waals surface area contributed by atoms with Crippen molar-refractivity contribution in [3.05, 3.63) is 58.4 Å². The number of hydrogen-bond acceptors (Lipinski definition) is 4. The number of hydrogen-bond donors (Lipinski definition) is 0. The third kappa shape index (κ3) is 3.20. The smallest absolute Gasteiger partial charge is 0.267 e. The zero-order valence-electron chi connectivity index (χ0n) is 10.4. The highest BCUT2D eigenvalue weighted by Crippen LogP contribution is 2.11. The highest BCUT2D eigenvalue weighted by molar-refractivity contribution is 5.15. The number of rotatable bonds is 5. The fourth-order valence-corrected chi connectivity index (χ4v) is 1.72. The fraction of sp³-hybridized carbons (Fsp3) is 0.286. The van der Waals surface area contributed by atoms with Crippen LogP contribution in [0, 0.1) is 0 Å². The zero-order valence-corrected chi connectivity index (χ0v) is 10.4. The van der Waals surface area contributed by atoms with Gasteiger partial charge in [-0.2, -0.15) is 0 Å². The lowest BCUT2D eigenvalue weighted by molar-refractivity contribution is 0.249. The maximum atomic E-state index is 11.7. The number of aromatic nitrogens is 2. The molecule has 0 spiro atoms. The third-order valence-electron chi connectivity index (χ3n) is 2.84. The molecule has 1 aromatic carbocycles. The van der Waals surface area contributed by atoms with Crippen LogP contribution < -0.4 is 10.3 Å². The van der Waals surface area contributed by atoms with E-state index in [1.165, 1.54) is 10.7 Å². The van der Waals surface area contributed by atoms with Gasteiger partial charge in [-0.3, -0.25) is 4.79 Å². The summed E-state index contributed by atoms with van der Waals surface area (Å²) in [6, 6.07) is 12.8. The molecule has 0 saturated carbocycles. The molecule has 2 heterocycles. The Hall–Kier alpha value is -2.14. The van der Waals surface area contributed by atoms with Gasteiger partial charge in [0.1, 0.15) is 12.7 Å². The second-order valence-electron chi connectivity index (χ2n) is 4.42. The zero-order chi connectivity index (χ0) is 13.1. The average Bonchev–Trinajstić information content (AvgIpc) is 3.25. The van der Waals surface area contributed by atoms with Crippen LogP contribution in [-0.4, -0.2) is 29.1 Å². The Labute approximate surface area is 110 Å². The summed E-state index contributed by atoms with van der Waals surface area (Å²) in [7, 11) is 0. The molecular weight excluding hydrogens is 244 g/mol. The number of nitrogens with zero attached hydrogens (tertiary/aromatic N) is 2. The van der Waals surface area contributed by atoms with Crippen molar-refractivity contribution in [3.8, 4) is 5.88 Å². The first-order valence-electron chi connectivity index (χ1n) is 6.18. The average molecular weight is 258 g/mol. The van der Waals surface area contributed by atoms with Crippen LogP contribution in [0.2, 0.25) is 0 Å². The van der Waals surface area contributed by atoms with E-state index in [1.54, 1.807) is 6.07 Å². The summed E-state index contributed by atoms with van der Waals surface area (Å²) in [4.78, 5) is 11.7. The summed E-state index contributed by atoms with van der Waals surface area (Å²) >= 11 is 0. The quantitative estimate of drug-likeness (QED) is 0.753. The Kier molecular flexibility index (Phi) is 3.29. The van der Waals surface area contributed by atoms with E-state index in [0.29, 0.717) is 19.0 Å². The molecular formula is C14H14N2O3. The molecule has 0 amide bonds. The van der Waals surface area contributed by atoms with Gasteiger partial charge in [0.15, 0.2) is 0 Å². The van der Waals surface area contributed by atoms with Gasteiger partial charge in [0, 0.05) is 12.1 Å². The Morgan fingerprint density at radius 3 is 2.79 bits per heavy atom. The van der Waals surface area contributed by atoms with Gasteiger partial charge in [-0.05, 0) is 5.56 Å². The molecule has 1 unspecified atom stereocenters. The van der Waals surface area contributed by atoms with Gasteiger partial charge in [0.25, 0.3) is 5.56 Å². The molecule has 0 N–H and O–H groups in total. The summed E-state index contributed by atoms with van der Waals surface area (Å²) in [6.45, 7) is 1.66. The van der Waals surface area contributed by atoms with Crippen molar-refractivity contribution in [1.82, 2.24) is 9.78 Å². The molecule has 5 nitrogen and oxygen atoms in total. The first-order valence-corrected chi connectivity index (χ1v) is 6.18. The second-order valence-corrected chi connectivity index (χ2v) is 4.42. The molecule has 1 aliphatic heterocycles. The van der Waals surface area contributed by atoms with Crippen LogP contribution in [-0.2, 0) is 11.3 Å². The Bertz CT molecular complexity index is 606. The van der Waals surface area contributed by atoms with E-state index in [1.807, 2.05) is 30.3 Å². The largest absolute Gasteiger partial charge is 0.474 e. The van der Waals surface area contributed by atoms with Gasteiger partial charge in [0.05, 0.1) is 13.2 Å². The lowest BCUT2D eigenvalue weighted by atomic mass is 10.2. The number of benzene rings is 1. The lowest BCUT2D eigenvalue weighted by Gasteiger charge is -2.07. The van der Waals surface area contributed by atoms with Crippen molar-refractivity contribution in [2.45, 2.75) is 12.6 Å². The third-order valence-corrected chi connectivity index (χ3v) is 2.84. The van der Waals surface area contributed by atoms with E-state index >= 15 is 0 Å². The molecule has 1 saturated heterocycles. The van der Waals surface area contributed by atoms with E-state index in [2.05, 4.69) is 5.10 Å². The van der Waals surface area contributed by atoms with Crippen molar-refractivity contribution in [1.29, 1.82) is 0 Å². The van der Waals surface area contributed by atoms with Gasteiger partial charge in [-0.15, -0.1) is 5.10 Å². The number of ether oxygens (including phenoxy) is 2. The van der Waals surface area contributed by atoms with Crippen LogP contribution >= 0.6 is 0 Å². The fourth-order valence-electron chi connectivity index (χ4n) is 1.72. The molecule has 1 aromatic heterocycles. The van der Waals surface area contributed by atoms with Crippen LogP contribution in [0.1, 0.15) is 5.56 Å². The minimum atomic E-state index is -0.140. The Balaban J connectivity index is 1.75. The molecule has 1 atom stereocenters. The molecule has 5 heteroatoms. The van der Waals surface area contributed by atoms with Crippen molar-refractivity contribution in [2.75, 3.05) is 13.2 Å². The maximum absolute atomic E-state index is 11.7. The van der Waals surface area contributed by atoms with Crippen molar-refractivity contribution in [2.24, 2.45) is 0 Å². The molecule has 98 valence electrons. The lowest BCUT2D eigenvalue weighted by Crippen LogP contribution is -2.23. The Morgan fingerprint density at radius 2 is 2.05 bits per heavy atom. The summed E-state index contributed by atoms with van der Waals surface area (Å²) < 4.78 is 11.9. The predicted molar refractivity (Wildman–Crippen MR) is 69.3 cm³/mol. The van der Waals surface area contributed by atoms with Crippen LogP contribution in [0.4, 0.5) is 0 Å². The van der Waals surface area contributed by atoms with Crippen molar-refractivity contribution in [3.63, 3.8) is 0 Å². The van der Waals surface area contributed by atoms with E-state index in [4.69, 9.17) is 9.47 Å². The van der Waals surface area contributed by atoms with E-state index in [9.17, 15) is 4.79 Å². The van der Waals surface area contributed by atoms with Gasteiger partial charge in [0.2, 0.25) is 5.88 Å². The summed E-state index contributed by atoms with van der Waals surface area (Å²) in [5.74, 6) is 0.450. The highest BCUT2D eigenvalue weighted by atomic mass is 16.6.